The van der Waals surface area contributed by atoms with E-state index in [0.29, 0.717) is 5.92 Å². The fourth-order valence-electron chi connectivity index (χ4n) is 2.03. The molecule has 2 N–H and O–H groups in total. The Morgan fingerprint density at radius 2 is 2.13 bits per heavy atom. The van der Waals surface area contributed by atoms with E-state index in [0.717, 1.165) is 13.1 Å². The normalized spacial score (nSPS) is 37.7. The molecule has 0 saturated carbocycles. The number of rotatable bonds is 1. The van der Waals surface area contributed by atoms with Gasteiger partial charge in [-0.05, 0) is 0 Å². The number of nitrogens with zero attached hydrogens (tertiary/aromatic N) is 2. The molecule has 0 aromatic heterocycles. The molecule has 4 nitrogen and oxygen atoms in total. The number of halogens is 2. The van der Waals surface area contributed by atoms with Gasteiger partial charge in [-0.3, -0.25) is 4.79 Å². The lowest BCUT2D eigenvalue weighted by molar-refractivity contribution is -0.132. The number of hydrogen-bond donors (Lipinski definition) is 1. The summed E-state index contributed by atoms with van der Waals surface area (Å²) in [5.41, 5.74) is 6.18. The summed E-state index contributed by atoms with van der Waals surface area (Å²) in [5.74, 6) is 0.446. The van der Waals surface area contributed by atoms with Crippen molar-refractivity contribution in [2.75, 3.05) is 20.1 Å². The maximum atomic E-state index is 11.5. The standard InChI is InChI=1S/C9H17I2N3O/c1-6-4-14(11)5-8(12)9(6,10)13(3)7(2)15/h6,8H,4-5,12H2,1-3H3/t6-,8+,9+/m0/s1. The molecule has 0 aromatic carbocycles. The lowest BCUT2D eigenvalue weighted by Gasteiger charge is -2.50. The Labute approximate surface area is 119 Å². The zero-order valence-electron chi connectivity index (χ0n) is 9.20. The molecule has 1 fully saturated rings. The monoisotopic (exact) mass is 437 g/mol. The van der Waals surface area contributed by atoms with E-state index in [-0.39, 0.29) is 15.5 Å². The van der Waals surface area contributed by atoms with Crippen LogP contribution in [-0.2, 0) is 4.79 Å². The van der Waals surface area contributed by atoms with Gasteiger partial charge in [0.15, 0.2) is 0 Å². The molecule has 1 heterocycles. The Hall–Kier alpha value is 0.850. The summed E-state index contributed by atoms with van der Waals surface area (Å²) in [4.78, 5) is 13.3. The summed E-state index contributed by atoms with van der Waals surface area (Å²) in [5, 5.41) is 0. The first kappa shape index (κ1) is 13.9. The van der Waals surface area contributed by atoms with Gasteiger partial charge in [-0.25, -0.2) is 3.11 Å². The van der Waals surface area contributed by atoms with E-state index in [2.05, 4.69) is 55.5 Å². The van der Waals surface area contributed by atoms with E-state index < -0.39 is 0 Å². The Balaban J connectivity index is 2.94. The molecule has 0 unspecified atom stereocenters. The van der Waals surface area contributed by atoms with Gasteiger partial charge in [0.2, 0.25) is 5.91 Å². The molecule has 1 rings (SSSR count). The van der Waals surface area contributed by atoms with Crippen LogP contribution in [0.2, 0.25) is 0 Å². The minimum Gasteiger partial charge on any atom is -0.329 e. The number of alkyl halides is 1. The number of amides is 1. The van der Waals surface area contributed by atoms with Crippen LogP contribution in [0.15, 0.2) is 0 Å². The maximum Gasteiger partial charge on any atom is 0.220 e. The number of likely N-dealkylation sites (N-methyl/N-ethyl adjacent to an activating group) is 1. The van der Waals surface area contributed by atoms with Crippen molar-refractivity contribution >= 4 is 51.4 Å². The fraction of sp³-hybridized carbons (Fsp3) is 0.889. The predicted molar refractivity (Wildman–Crippen MR) is 77.9 cm³/mol. The van der Waals surface area contributed by atoms with Crippen LogP contribution in [0.4, 0.5) is 0 Å². The Bertz CT molecular complexity index is 250. The predicted octanol–water partition coefficient (Wildman–Crippen LogP) is 1.23. The Morgan fingerprint density at radius 3 is 2.53 bits per heavy atom. The average molecular weight is 437 g/mol. The van der Waals surface area contributed by atoms with Crippen molar-refractivity contribution in [3.63, 3.8) is 0 Å². The molecule has 0 spiro atoms. The van der Waals surface area contributed by atoms with Crippen LogP contribution in [0.3, 0.4) is 0 Å². The van der Waals surface area contributed by atoms with Crippen LogP contribution >= 0.6 is 45.5 Å². The van der Waals surface area contributed by atoms with E-state index in [1.54, 1.807) is 11.8 Å². The smallest absolute Gasteiger partial charge is 0.220 e. The van der Waals surface area contributed by atoms with E-state index >= 15 is 0 Å². The topological polar surface area (TPSA) is 49.6 Å². The molecular weight excluding hydrogens is 420 g/mol. The molecule has 1 saturated heterocycles. The molecule has 0 aliphatic carbocycles. The van der Waals surface area contributed by atoms with Gasteiger partial charge in [0.05, 0.1) is 6.04 Å². The van der Waals surface area contributed by atoms with Gasteiger partial charge < -0.3 is 10.6 Å². The summed E-state index contributed by atoms with van der Waals surface area (Å²) in [7, 11) is 1.84. The van der Waals surface area contributed by atoms with Crippen molar-refractivity contribution in [2.45, 2.75) is 23.4 Å². The van der Waals surface area contributed by atoms with E-state index in [9.17, 15) is 4.79 Å². The number of piperidine rings is 1. The van der Waals surface area contributed by atoms with E-state index in [4.69, 9.17) is 5.73 Å². The number of carbonyl (C=O) groups excluding carboxylic acids is 1. The van der Waals surface area contributed by atoms with Gasteiger partial charge in [-0.15, -0.1) is 0 Å². The zero-order chi connectivity index (χ0) is 11.8. The molecule has 1 amide bonds. The minimum absolute atomic E-state index is 0.00681. The van der Waals surface area contributed by atoms with Crippen molar-refractivity contribution in [1.82, 2.24) is 8.01 Å². The van der Waals surface area contributed by atoms with Gasteiger partial charge in [0.25, 0.3) is 0 Å². The van der Waals surface area contributed by atoms with Gasteiger partial charge in [0.1, 0.15) is 3.55 Å². The van der Waals surface area contributed by atoms with Crippen LogP contribution in [0, 0.1) is 5.92 Å². The molecule has 15 heavy (non-hydrogen) atoms. The van der Waals surface area contributed by atoms with Crippen LogP contribution in [0.1, 0.15) is 13.8 Å². The molecule has 1 aliphatic rings. The Morgan fingerprint density at radius 1 is 1.60 bits per heavy atom. The second-order valence-electron chi connectivity index (χ2n) is 4.14. The first-order valence-electron chi connectivity index (χ1n) is 4.89. The summed E-state index contributed by atoms with van der Waals surface area (Å²) in [6.07, 6.45) is 0. The average Bonchev–Trinajstić information content (AvgIpc) is 2.12. The number of hydrogen-bond acceptors (Lipinski definition) is 3. The maximum absolute atomic E-state index is 11.5. The van der Waals surface area contributed by atoms with Crippen molar-refractivity contribution in [2.24, 2.45) is 11.7 Å². The third kappa shape index (κ3) is 2.58. The number of carbonyl (C=O) groups is 1. The van der Waals surface area contributed by atoms with Gasteiger partial charge in [0, 0.05) is 55.8 Å². The van der Waals surface area contributed by atoms with Crippen molar-refractivity contribution in [3.8, 4) is 0 Å². The van der Waals surface area contributed by atoms with Crippen molar-refractivity contribution in [3.05, 3.63) is 0 Å². The van der Waals surface area contributed by atoms with Gasteiger partial charge in [-0.1, -0.05) is 29.5 Å². The first-order chi connectivity index (χ1) is 6.80. The largest absolute Gasteiger partial charge is 0.329 e. The van der Waals surface area contributed by atoms with Crippen molar-refractivity contribution < 1.29 is 4.79 Å². The molecular formula is C9H17I2N3O. The van der Waals surface area contributed by atoms with Crippen LogP contribution in [0.5, 0.6) is 0 Å². The number of nitrogens with two attached hydrogens (primary N) is 1. The highest BCUT2D eigenvalue weighted by molar-refractivity contribution is 14.1. The minimum atomic E-state index is -0.259. The van der Waals surface area contributed by atoms with Crippen molar-refractivity contribution in [1.29, 1.82) is 0 Å². The Kier molecular flexibility index (Phi) is 4.64. The fourth-order valence-corrected chi connectivity index (χ4v) is 3.78. The lowest BCUT2D eigenvalue weighted by atomic mass is 9.90. The lowest BCUT2D eigenvalue weighted by Crippen LogP contribution is -2.66. The third-order valence-corrected chi connectivity index (χ3v) is 6.44. The highest BCUT2D eigenvalue weighted by Crippen LogP contribution is 2.39. The van der Waals surface area contributed by atoms with Crippen LogP contribution < -0.4 is 5.73 Å². The van der Waals surface area contributed by atoms with Gasteiger partial charge >= 0.3 is 0 Å². The van der Waals surface area contributed by atoms with Gasteiger partial charge in [-0.2, -0.15) is 0 Å². The highest BCUT2D eigenvalue weighted by atomic mass is 127. The molecule has 1 aliphatic heterocycles. The third-order valence-electron chi connectivity index (χ3n) is 3.06. The zero-order valence-corrected chi connectivity index (χ0v) is 13.5. The van der Waals surface area contributed by atoms with E-state index in [1.807, 2.05) is 7.05 Å². The molecule has 88 valence electrons. The molecule has 3 atom stereocenters. The summed E-state index contributed by atoms with van der Waals surface area (Å²) in [6.45, 7) is 5.53. The van der Waals surface area contributed by atoms with Crippen LogP contribution in [-0.4, -0.2) is 43.6 Å². The summed E-state index contributed by atoms with van der Waals surface area (Å²) >= 11 is 4.63. The second-order valence-corrected chi connectivity index (χ2v) is 7.23. The second kappa shape index (κ2) is 5.01. The molecule has 0 aromatic rings. The molecule has 6 heteroatoms. The summed E-state index contributed by atoms with van der Waals surface area (Å²) in [6, 6.07) is -0.00681. The molecule has 0 radical (unpaired) electrons. The highest BCUT2D eigenvalue weighted by Gasteiger charge is 2.48. The first-order valence-corrected chi connectivity index (χ1v) is 6.94. The molecule has 0 bridgehead atoms. The summed E-state index contributed by atoms with van der Waals surface area (Å²) < 4.78 is 1.93. The van der Waals surface area contributed by atoms with Crippen LogP contribution in [0.25, 0.3) is 0 Å². The quantitative estimate of drug-likeness (QED) is 0.291. The van der Waals surface area contributed by atoms with E-state index in [1.165, 1.54) is 0 Å². The SMILES string of the molecule is CC(=O)N(C)[C@@]1(I)[C@H](N)CN(I)C[C@@H]1C.